The number of rotatable bonds is 4. The number of nitrogens with zero attached hydrogens (tertiary/aromatic N) is 3. The number of benzene rings is 1. The third-order valence-corrected chi connectivity index (χ3v) is 8.53. The SMILES string of the molecule is O=C(Nc1cc2c(c3c1CCC3)CCC2)NS(=O)(=O)c1cnn2c1OCC(N1CCC1)C2. The number of ether oxygens (including phenoxy) is 1. The van der Waals surface area contributed by atoms with Gasteiger partial charge in [-0.05, 0) is 86.4 Å². The predicted octanol–water partition coefficient (Wildman–Crippen LogP) is 1.84. The highest BCUT2D eigenvalue weighted by Crippen LogP contribution is 2.38. The van der Waals surface area contributed by atoms with Gasteiger partial charge in [0.15, 0.2) is 4.90 Å². The number of nitrogens with one attached hydrogen (secondary N) is 2. The van der Waals surface area contributed by atoms with Crippen LogP contribution in [0.25, 0.3) is 0 Å². The number of urea groups is 1. The molecule has 170 valence electrons. The van der Waals surface area contributed by atoms with Gasteiger partial charge >= 0.3 is 6.03 Å². The number of hydrogen-bond acceptors (Lipinski definition) is 6. The molecule has 3 heterocycles. The van der Waals surface area contributed by atoms with Gasteiger partial charge in [0, 0.05) is 5.69 Å². The molecule has 10 heteroatoms. The van der Waals surface area contributed by atoms with Crippen molar-refractivity contribution in [1.29, 1.82) is 0 Å². The van der Waals surface area contributed by atoms with Gasteiger partial charge < -0.3 is 10.1 Å². The molecule has 2 aliphatic carbocycles. The number of amides is 2. The predicted molar refractivity (Wildman–Crippen MR) is 118 cm³/mol. The Hall–Kier alpha value is -2.59. The average Bonchev–Trinajstić information content (AvgIpc) is 3.44. The van der Waals surface area contributed by atoms with E-state index in [0.29, 0.717) is 13.2 Å². The fourth-order valence-electron chi connectivity index (χ4n) is 5.51. The van der Waals surface area contributed by atoms with Crippen molar-refractivity contribution in [2.24, 2.45) is 0 Å². The van der Waals surface area contributed by atoms with E-state index in [4.69, 9.17) is 4.74 Å². The molecule has 6 rings (SSSR count). The van der Waals surface area contributed by atoms with Crippen LogP contribution in [0.1, 0.15) is 41.5 Å². The normalized spacial score (nSPS) is 21.8. The van der Waals surface area contributed by atoms with Crippen LogP contribution in [0.4, 0.5) is 10.5 Å². The van der Waals surface area contributed by atoms with Gasteiger partial charge in [0.05, 0.1) is 18.8 Å². The van der Waals surface area contributed by atoms with Crippen LogP contribution >= 0.6 is 0 Å². The lowest BCUT2D eigenvalue weighted by Gasteiger charge is -2.40. The topological polar surface area (TPSA) is 106 Å². The monoisotopic (exact) mass is 457 g/mol. The molecular weight excluding hydrogens is 430 g/mol. The minimum atomic E-state index is -4.12. The van der Waals surface area contributed by atoms with Crippen molar-refractivity contribution < 1.29 is 17.9 Å². The Kier molecular flexibility index (Phi) is 4.69. The number of carbonyl (C=O) groups excluding carboxylic acids is 1. The number of anilines is 1. The largest absolute Gasteiger partial charge is 0.475 e. The second-order valence-electron chi connectivity index (χ2n) is 9.14. The zero-order valence-electron chi connectivity index (χ0n) is 17.9. The molecule has 0 saturated carbocycles. The summed E-state index contributed by atoms with van der Waals surface area (Å²) in [5.41, 5.74) is 5.96. The van der Waals surface area contributed by atoms with Gasteiger partial charge in [0.25, 0.3) is 10.0 Å². The summed E-state index contributed by atoms with van der Waals surface area (Å²) in [6.07, 6.45) is 8.69. The number of sulfonamides is 1. The highest BCUT2D eigenvalue weighted by atomic mass is 32.2. The number of carbonyl (C=O) groups is 1. The summed E-state index contributed by atoms with van der Waals surface area (Å²) in [7, 11) is -4.12. The van der Waals surface area contributed by atoms with Gasteiger partial charge in [-0.1, -0.05) is 0 Å². The maximum absolute atomic E-state index is 13.0. The summed E-state index contributed by atoms with van der Waals surface area (Å²) in [4.78, 5) is 14.9. The number of likely N-dealkylation sites (tertiary alicyclic amines) is 1. The Labute approximate surface area is 187 Å². The van der Waals surface area contributed by atoms with Crippen molar-refractivity contribution in [3.63, 3.8) is 0 Å². The Balaban J connectivity index is 1.19. The third kappa shape index (κ3) is 3.27. The molecule has 1 unspecified atom stereocenters. The molecule has 0 bridgehead atoms. The molecule has 4 aliphatic rings. The van der Waals surface area contributed by atoms with E-state index in [0.717, 1.165) is 62.9 Å². The quantitative estimate of drug-likeness (QED) is 0.726. The lowest BCUT2D eigenvalue weighted by molar-refractivity contribution is 0.0417. The fourth-order valence-corrected chi connectivity index (χ4v) is 6.50. The van der Waals surface area contributed by atoms with E-state index in [9.17, 15) is 13.2 Å². The average molecular weight is 458 g/mol. The number of fused-ring (bicyclic) bond motifs is 4. The maximum atomic E-state index is 13.0. The highest BCUT2D eigenvalue weighted by Gasteiger charge is 2.34. The minimum absolute atomic E-state index is 0.103. The molecule has 1 fully saturated rings. The van der Waals surface area contributed by atoms with Crippen LogP contribution in [0.3, 0.4) is 0 Å². The van der Waals surface area contributed by atoms with Gasteiger partial charge in [-0.3, -0.25) is 4.90 Å². The molecule has 2 amide bonds. The van der Waals surface area contributed by atoms with Crippen LogP contribution in [-0.4, -0.2) is 54.9 Å². The van der Waals surface area contributed by atoms with Gasteiger partial charge in [0.2, 0.25) is 5.88 Å². The molecular formula is C22H27N5O4S. The van der Waals surface area contributed by atoms with Crippen LogP contribution in [0.5, 0.6) is 5.88 Å². The number of hydrogen-bond donors (Lipinski definition) is 2. The van der Waals surface area contributed by atoms with Crippen molar-refractivity contribution >= 4 is 21.7 Å². The molecule has 0 spiro atoms. The lowest BCUT2D eigenvalue weighted by Crippen LogP contribution is -2.51. The van der Waals surface area contributed by atoms with Crippen LogP contribution in [0.2, 0.25) is 0 Å². The Morgan fingerprint density at radius 3 is 2.66 bits per heavy atom. The first-order valence-corrected chi connectivity index (χ1v) is 12.9. The zero-order chi connectivity index (χ0) is 21.9. The summed E-state index contributed by atoms with van der Waals surface area (Å²) < 4.78 is 35.4. The fraction of sp³-hybridized carbons (Fsp3) is 0.545. The molecule has 0 radical (unpaired) electrons. The molecule has 1 saturated heterocycles. The molecule has 32 heavy (non-hydrogen) atoms. The lowest BCUT2D eigenvalue weighted by atomic mass is 9.98. The Morgan fingerprint density at radius 1 is 1.06 bits per heavy atom. The van der Waals surface area contributed by atoms with Crippen molar-refractivity contribution in [1.82, 2.24) is 19.4 Å². The summed E-state index contributed by atoms with van der Waals surface area (Å²) in [5.74, 6) is 0.195. The second kappa shape index (κ2) is 7.48. The highest BCUT2D eigenvalue weighted by molar-refractivity contribution is 7.90. The summed E-state index contributed by atoms with van der Waals surface area (Å²) in [5, 5.41) is 7.01. The first kappa shape index (κ1) is 20.0. The standard InChI is InChI=1S/C22H27N5O4S/c28-22(24-19-10-14-4-1-5-16(14)17-6-2-7-18(17)19)25-32(29,30)20-11-23-27-12-15(13-31-21(20)27)26-8-3-9-26/h10-11,15H,1-9,12-13H2,(H2,24,25,28). The van der Waals surface area contributed by atoms with Crippen LogP contribution < -0.4 is 14.8 Å². The minimum Gasteiger partial charge on any atom is -0.475 e. The van der Waals surface area contributed by atoms with E-state index in [1.54, 1.807) is 4.68 Å². The van der Waals surface area contributed by atoms with Crippen molar-refractivity contribution in [2.75, 3.05) is 25.0 Å². The van der Waals surface area contributed by atoms with Gasteiger partial charge in [-0.15, -0.1) is 0 Å². The van der Waals surface area contributed by atoms with Crippen molar-refractivity contribution in [3.8, 4) is 5.88 Å². The van der Waals surface area contributed by atoms with Gasteiger partial charge in [-0.25, -0.2) is 22.6 Å². The van der Waals surface area contributed by atoms with Crippen LogP contribution in [0, 0.1) is 0 Å². The van der Waals surface area contributed by atoms with E-state index < -0.39 is 16.1 Å². The smallest absolute Gasteiger partial charge is 0.333 e. The molecule has 1 aromatic carbocycles. The molecule has 1 aromatic heterocycles. The first-order chi connectivity index (χ1) is 15.5. The van der Waals surface area contributed by atoms with E-state index in [1.807, 2.05) is 6.07 Å². The van der Waals surface area contributed by atoms with Crippen LogP contribution in [0.15, 0.2) is 17.2 Å². The van der Waals surface area contributed by atoms with E-state index in [-0.39, 0.29) is 16.8 Å². The molecule has 2 aliphatic heterocycles. The molecule has 9 nitrogen and oxygen atoms in total. The molecule has 2 N–H and O–H groups in total. The first-order valence-electron chi connectivity index (χ1n) is 11.4. The van der Waals surface area contributed by atoms with Crippen LogP contribution in [-0.2, 0) is 42.3 Å². The number of aryl methyl sites for hydroxylation is 1. The maximum Gasteiger partial charge on any atom is 0.333 e. The number of aromatic nitrogens is 2. The Bertz CT molecular complexity index is 1200. The van der Waals surface area contributed by atoms with Crippen molar-refractivity contribution in [3.05, 3.63) is 34.5 Å². The molecule has 2 aromatic rings. The van der Waals surface area contributed by atoms with E-state index in [2.05, 4.69) is 20.0 Å². The summed E-state index contributed by atoms with van der Waals surface area (Å²) in [6.45, 7) is 3.06. The zero-order valence-corrected chi connectivity index (χ0v) is 18.7. The van der Waals surface area contributed by atoms with E-state index >= 15 is 0 Å². The van der Waals surface area contributed by atoms with Crippen molar-refractivity contribution in [2.45, 2.75) is 62.4 Å². The van der Waals surface area contributed by atoms with E-state index in [1.165, 1.54) is 29.3 Å². The summed E-state index contributed by atoms with van der Waals surface area (Å²) >= 11 is 0. The van der Waals surface area contributed by atoms with Gasteiger partial charge in [-0.2, -0.15) is 5.10 Å². The second-order valence-corrected chi connectivity index (χ2v) is 10.8. The Morgan fingerprint density at radius 2 is 1.84 bits per heavy atom. The summed E-state index contributed by atoms with van der Waals surface area (Å²) in [6, 6.07) is 1.47. The van der Waals surface area contributed by atoms with Gasteiger partial charge in [0.1, 0.15) is 6.61 Å². The molecule has 1 atom stereocenters. The third-order valence-electron chi connectivity index (χ3n) is 7.21.